The van der Waals surface area contributed by atoms with Gasteiger partial charge < -0.3 is 10.5 Å². The van der Waals surface area contributed by atoms with Crippen molar-refractivity contribution in [3.05, 3.63) is 35.4 Å². The first-order valence-electron chi connectivity index (χ1n) is 6.16. The van der Waals surface area contributed by atoms with Crippen LogP contribution < -0.4 is 5.73 Å². The Hall–Kier alpha value is -1.35. The fourth-order valence-corrected chi connectivity index (χ4v) is 2.58. The van der Waals surface area contributed by atoms with Crippen molar-refractivity contribution in [3.63, 3.8) is 0 Å². The van der Waals surface area contributed by atoms with Crippen molar-refractivity contribution < 1.29 is 9.53 Å². The van der Waals surface area contributed by atoms with E-state index in [1.165, 1.54) is 32.8 Å². The smallest absolute Gasteiger partial charge is 0.337 e. The molecule has 3 nitrogen and oxygen atoms in total. The zero-order valence-electron chi connectivity index (χ0n) is 10.2. The standard InChI is InChI=1S/C14H19NO2/c1-17-14(16)12-8-4-7-11(9-12)13(15)10-5-2-3-6-10/h4,7-10,13H,2-3,5-6,15H2,1H3/t13-/m0/s1. The lowest BCUT2D eigenvalue weighted by molar-refractivity contribution is 0.0600. The number of hydrogen-bond donors (Lipinski definition) is 1. The van der Waals surface area contributed by atoms with E-state index >= 15 is 0 Å². The summed E-state index contributed by atoms with van der Waals surface area (Å²) in [5.74, 6) is 0.258. The van der Waals surface area contributed by atoms with Crippen molar-refractivity contribution in [2.24, 2.45) is 11.7 Å². The summed E-state index contributed by atoms with van der Waals surface area (Å²) >= 11 is 0. The summed E-state index contributed by atoms with van der Waals surface area (Å²) < 4.78 is 4.72. The van der Waals surface area contributed by atoms with Gasteiger partial charge in [0.15, 0.2) is 0 Å². The van der Waals surface area contributed by atoms with E-state index in [1.54, 1.807) is 6.07 Å². The van der Waals surface area contributed by atoms with Gasteiger partial charge >= 0.3 is 5.97 Å². The van der Waals surface area contributed by atoms with Crippen LogP contribution in [0.2, 0.25) is 0 Å². The molecular weight excluding hydrogens is 214 g/mol. The number of hydrogen-bond acceptors (Lipinski definition) is 3. The van der Waals surface area contributed by atoms with E-state index in [1.807, 2.05) is 18.2 Å². The Bertz CT molecular complexity index is 397. The van der Waals surface area contributed by atoms with E-state index in [0.29, 0.717) is 11.5 Å². The predicted molar refractivity (Wildman–Crippen MR) is 66.7 cm³/mol. The molecule has 3 heteroatoms. The minimum Gasteiger partial charge on any atom is -0.465 e. The third kappa shape index (κ3) is 2.67. The molecule has 1 fully saturated rings. The Morgan fingerprint density at radius 1 is 1.41 bits per heavy atom. The van der Waals surface area contributed by atoms with Gasteiger partial charge in [-0.3, -0.25) is 0 Å². The molecule has 0 aromatic heterocycles. The van der Waals surface area contributed by atoms with Gasteiger partial charge in [0.2, 0.25) is 0 Å². The maximum Gasteiger partial charge on any atom is 0.337 e. The summed E-state index contributed by atoms with van der Waals surface area (Å²) in [6.07, 6.45) is 4.94. The van der Waals surface area contributed by atoms with Crippen molar-refractivity contribution in [1.82, 2.24) is 0 Å². The van der Waals surface area contributed by atoms with Gasteiger partial charge in [0.1, 0.15) is 0 Å². The average Bonchev–Trinajstić information content (AvgIpc) is 2.91. The largest absolute Gasteiger partial charge is 0.465 e. The van der Waals surface area contributed by atoms with Gasteiger partial charge in [0.25, 0.3) is 0 Å². The number of esters is 1. The highest BCUT2D eigenvalue weighted by Crippen LogP contribution is 2.34. The van der Waals surface area contributed by atoms with Crippen LogP contribution in [0.25, 0.3) is 0 Å². The summed E-state index contributed by atoms with van der Waals surface area (Å²) in [5, 5.41) is 0. The second kappa shape index (κ2) is 5.32. The first-order chi connectivity index (χ1) is 8.22. The molecule has 0 saturated heterocycles. The molecule has 0 spiro atoms. The third-order valence-corrected chi connectivity index (χ3v) is 3.60. The van der Waals surface area contributed by atoms with Crippen LogP contribution in [0, 0.1) is 5.92 Å². The van der Waals surface area contributed by atoms with Crippen molar-refractivity contribution in [1.29, 1.82) is 0 Å². The molecule has 0 bridgehead atoms. The molecule has 1 aliphatic rings. The maximum absolute atomic E-state index is 11.4. The summed E-state index contributed by atoms with van der Waals surface area (Å²) in [4.78, 5) is 11.4. The normalized spacial score (nSPS) is 18.0. The molecule has 17 heavy (non-hydrogen) atoms. The summed E-state index contributed by atoms with van der Waals surface area (Å²) in [6, 6.07) is 7.53. The number of benzene rings is 1. The molecular formula is C14H19NO2. The lowest BCUT2D eigenvalue weighted by atomic mass is 9.91. The Kier molecular flexibility index (Phi) is 3.79. The first-order valence-corrected chi connectivity index (χ1v) is 6.16. The molecule has 2 rings (SSSR count). The van der Waals surface area contributed by atoms with E-state index in [4.69, 9.17) is 10.5 Å². The minimum absolute atomic E-state index is 0.0436. The van der Waals surface area contributed by atoms with E-state index in [-0.39, 0.29) is 12.0 Å². The summed E-state index contributed by atoms with van der Waals surface area (Å²) in [5.41, 5.74) is 7.88. The van der Waals surface area contributed by atoms with Crippen LogP contribution >= 0.6 is 0 Å². The molecule has 0 heterocycles. The van der Waals surface area contributed by atoms with Crippen molar-refractivity contribution in [2.75, 3.05) is 7.11 Å². The Labute approximate surface area is 102 Å². The van der Waals surface area contributed by atoms with Crippen molar-refractivity contribution >= 4 is 5.97 Å². The average molecular weight is 233 g/mol. The number of nitrogens with two attached hydrogens (primary N) is 1. The molecule has 1 aromatic carbocycles. The van der Waals surface area contributed by atoms with Crippen LogP contribution in [0.1, 0.15) is 47.6 Å². The topological polar surface area (TPSA) is 52.3 Å². The maximum atomic E-state index is 11.4. The van der Waals surface area contributed by atoms with Gasteiger partial charge in [-0.1, -0.05) is 25.0 Å². The predicted octanol–water partition coefficient (Wildman–Crippen LogP) is 2.66. The number of carbonyl (C=O) groups is 1. The SMILES string of the molecule is COC(=O)c1cccc([C@@H](N)C2CCCC2)c1. The number of carbonyl (C=O) groups excluding carboxylic acids is 1. The van der Waals surface area contributed by atoms with Crippen molar-refractivity contribution in [3.8, 4) is 0 Å². The third-order valence-electron chi connectivity index (χ3n) is 3.60. The molecule has 92 valence electrons. The van der Waals surface area contributed by atoms with Gasteiger partial charge in [-0.2, -0.15) is 0 Å². The Morgan fingerprint density at radius 2 is 2.12 bits per heavy atom. The van der Waals surface area contributed by atoms with E-state index in [2.05, 4.69) is 0 Å². The molecule has 2 N–H and O–H groups in total. The zero-order valence-corrected chi connectivity index (χ0v) is 10.2. The van der Waals surface area contributed by atoms with Crippen molar-refractivity contribution in [2.45, 2.75) is 31.7 Å². The molecule has 1 atom stereocenters. The fourth-order valence-electron chi connectivity index (χ4n) is 2.58. The van der Waals surface area contributed by atoms with Gasteiger partial charge in [-0.25, -0.2) is 4.79 Å². The van der Waals surface area contributed by atoms with E-state index in [9.17, 15) is 4.79 Å². The Morgan fingerprint density at radius 3 is 2.76 bits per heavy atom. The molecule has 1 saturated carbocycles. The van der Waals surface area contributed by atoms with Crippen LogP contribution in [-0.4, -0.2) is 13.1 Å². The zero-order chi connectivity index (χ0) is 12.3. The second-order valence-electron chi connectivity index (χ2n) is 4.69. The summed E-state index contributed by atoms with van der Waals surface area (Å²) in [7, 11) is 1.39. The number of methoxy groups -OCH3 is 1. The highest BCUT2D eigenvalue weighted by atomic mass is 16.5. The first kappa shape index (κ1) is 12.1. The second-order valence-corrected chi connectivity index (χ2v) is 4.69. The van der Waals surface area contributed by atoms with E-state index < -0.39 is 0 Å². The number of rotatable bonds is 3. The quantitative estimate of drug-likeness (QED) is 0.816. The monoisotopic (exact) mass is 233 g/mol. The molecule has 0 radical (unpaired) electrons. The number of ether oxygens (including phenoxy) is 1. The molecule has 0 amide bonds. The Balaban J connectivity index is 2.17. The minimum atomic E-state index is -0.300. The molecule has 1 aromatic rings. The molecule has 0 unspecified atom stereocenters. The van der Waals surface area contributed by atoms with Gasteiger partial charge in [-0.05, 0) is 36.5 Å². The lowest BCUT2D eigenvalue weighted by Crippen LogP contribution is -2.19. The van der Waals surface area contributed by atoms with E-state index in [0.717, 1.165) is 5.56 Å². The lowest BCUT2D eigenvalue weighted by Gasteiger charge is -2.19. The highest BCUT2D eigenvalue weighted by Gasteiger charge is 2.23. The highest BCUT2D eigenvalue weighted by molar-refractivity contribution is 5.89. The van der Waals surface area contributed by atoms with Crippen LogP contribution in [0.15, 0.2) is 24.3 Å². The molecule has 1 aliphatic carbocycles. The van der Waals surface area contributed by atoms with Gasteiger partial charge in [-0.15, -0.1) is 0 Å². The van der Waals surface area contributed by atoms with Crippen LogP contribution in [0.4, 0.5) is 0 Å². The van der Waals surface area contributed by atoms with Gasteiger partial charge in [0, 0.05) is 6.04 Å². The van der Waals surface area contributed by atoms with Crippen LogP contribution in [0.5, 0.6) is 0 Å². The van der Waals surface area contributed by atoms with Gasteiger partial charge in [0.05, 0.1) is 12.7 Å². The van der Waals surface area contributed by atoms with Crippen LogP contribution in [-0.2, 0) is 4.74 Å². The molecule has 0 aliphatic heterocycles. The van der Waals surface area contributed by atoms with Crippen LogP contribution in [0.3, 0.4) is 0 Å². The fraction of sp³-hybridized carbons (Fsp3) is 0.500. The summed E-state index contributed by atoms with van der Waals surface area (Å²) in [6.45, 7) is 0.